The lowest BCUT2D eigenvalue weighted by molar-refractivity contribution is -0.155. The summed E-state index contributed by atoms with van der Waals surface area (Å²) in [4.78, 5) is 41.9. The highest BCUT2D eigenvalue weighted by atomic mass is 16.6. The molecular weight excluding hydrogens is 454 g/mol. The molecule has 5 rings (SSSR count). The van der Waals surface area contributed by atoms with Gasteiger partial charge in [0.15, 0.2) is 0 Å². The molecule has 11 heteroatoms. The van der Waals surface area contributed by atoms with E-state index in [4.69, 9.17) is 9.47 Å². The van der Waals surface area contributed by atoms with Gasteiger partial charge in [-0.05, 0) is 37.8 Å². The molecule has 3 aliphatic rings. The first-order chi connectivity index (χ1) is 16.8. The van der Waals surface area contributed by atoms with Gasteiger partial charge >= 0.3 is 5.97 Å². The Morgan fingerprint density at radius 1 is 1.34 bits per heavy atom. The van der Waals surface area contributed by atoms with E-state index in [1.807, 2.05) is 38.1 Å². The number of aliphatic hydroxyl groups excluding tert-OH is 1. The maximum absolute atomic E-state index is 13.8. The molecule has 1 spiro atoms. The van der Waals surface area contributed by atoms with Crippen molar-refractivity contribution in [3.63, 3.8) is 0 Å². The Morgan fingerprint density at radius 2 is 2.11 bits per heavy atom. The second-order valence-electron chi connectivity index (χ2n) is 9.82. The van der Waals surface area contributed by atoms with E-state index in [9.17, 15) is 19.5 Å². The lowest BCUT2D eigenvalue weighted by atomic mass is 9.71. The van der Waals surface area contributed by atoms with Crippen molar-refractivity contribution in [3.05, 3.63) is 24.3 Å². The molecule has 2 aromatic rings. The summed E-state index contributed by atoms with van der Waals surface area (Å²) in [5.74, 6) is -2.93. The molecule has 1 aromatic heterocycles. The maximum atomic E-state index is 13.8. The van der Waals surface area contributed by atoms with Gasteiger partial charge in [-0.15, -0.1) is 5.10 Å². The van der Waals surface area contributed by atoms with Crippen molar-refractivity contribution < 1.29 is 29.0 Å². The van der Waals surface area contributed by atoms with Crippen LogP contribution in [0.2, 0.25) is 0 Å². The SMILES string of the molecule is CCOC(=O)[C@@H]1[C@H]2C(=O)N([C@@H](CO)C(C)C)[C@H](C(=O)NCn3nnc4ccccc43)[C@]23CC[C@H]1O3. The van der Waals surface area contributed by atoms with Crippen molar-refractivity contribution in [1.82, 2.24) is 25.2 Å². The number of para-hydroxylation sites is 1. The third kappa shape index (κ3) is 3.51. The van der Waals surface area contributed by atoms with Gasteiger partial charge in [0.1, 0.15) is 23.8 Å². The Balaban J connectivity index is 1.48. The predicted octanol–water partition coefficient (Wildman–Crippen LogP) is 0.460. The molecule has 3 saturated heterocycles. The monoisotopic (exact) mass is 485 g/mol. The van der Waals surface area contributed by atoms with E-state index in [0.29, 0.717) is 18.4 Å². The second kappa shape index (κ2) is 8.87. The number of amides is 2. The van der Waals surface area contributed by atoms with Crippen molar-refractivity contribution in [2.45, 2.75) is 64.1 Å². The summed E-state index contributed by atoms with van der Waals surface area (Å²) in [6.45, 7) is 5.43. The predicted molar refractivity (Wildman–Crippen MR) is 122 cm³/mol. The largest absolute Gasteiger partial charge is 0.466 e. The van der Waals surface area contributed by atoms with E-state index >= 15 is 0 Å². The number of fused-ring (bicyclic) bond motifs is 2. The highest BCUT2D eigenvalue weighted by Crippen LogP contribution is 2.59. The molecule has 3 aliphatic heterocycles. The van der Waals surface area contributed by atoms with Crippen LogP contribution in [0, 0.1) is 17.8 Å². The number of nitrogens with zero attached hydrogens (tertiary/aromatic N) is 4. The normalized spacial score (nSPS) is 30.2. The van der Waals surface area contributed by atoms with E-state index < -0.39 is 47.5 Å². The summed E-state index contributed by atoms with van der Waals surface area (Å²) in [7, 11) is 0. The molecule has 0 saturated carbocycles. The number of ether oxygens (including phenoxy) is 2. The van der Waals surface area contributed by atoms with Gasteiger partial charge < -0.3 is 24.8 Å². The number of likely N-dealkylation sites (tertiary alicyclic amines) is 1. The van der Waals surface area contributed by atoms with E-state index in [0.717, 1.165) is 5.52 Å². The Labute approximate surface area is 202 Å². The minimum atomic E-state index is -1.14. The van der Waals surface area contributed by atoms with E-state index in [1.54, 1.807) is 11.6 Å². The average molecular weight is 486 g/mol. The van der Waals surface area contributed by atoms with E-state index in [2.05, 4.69) is 15.6 Å². The number of esters is 1. The van der Waals surface area contributed by atoms with Crippen molar-refractivity contribution in [3.8, 4) is 0 Å². The van der Waals surface area contributed by atoms with Crippen LogP contribution >= 0.6 is 0 Å². The Hall–Kier alpha value is -3.05. The molecular formula is C24H31N5O6. The fourth-order valence-corrected chi connectivity index (χ4v) is 6.16. The van der Waals surface area contributed by atoms with Gasteiger partial charge in [0.25, 0.3) is 0 Å². The van der Waals surface area contributed by atoms with Crippen molar-refractivity contribution >= 4 is 28.8 Å². The van der Waals surface area contributed by atoms with Gasteiger partial charge in [-0.3, -0.25) is 14.4 Å². The molecule has 1 aromatic carbocycles. The van der Waals surface area contributed by atoms with Crippen molar-refractivity contribution in [1.29, 1.82) is 0 Å². The number of hydrogen-bond acceptors (Lipinski definition) is 8. The third-order valence-electron chi connectivity index (χ3n) is 7.68. The minimum Gasteiger partial charge on any atom is -0.466 e. The molecule has 188 valence electrons. The van der Waals surface area contributed by atoms with Crippen LogP contribution in [0.3, 0.4) is 0 Å². The number of nitrogens with one attached hydrogen (secondary N) is 1. The second-order valence-corrected chi connectivity index (χ2v) is 9.82. The highest BCUT2D eigenvalue weighted by Gasteiger charge is 2.75. The summed E-state index contributed by atoms with van der Waals surface area (Å²) >= 11 is 0. The van der Waals surface area contributed by atoms with Crippen LogP contribution < -0.4 is 5.32 Å². The van der Waals surface area contributed by atoms with E-state index in [-0.39, 0.29) is 31.7 Å². The van der Waals surface area contributed by atoms with Crippen LogP contribution in [-0.4, -0.2) is 79.8 Å². The smallest absolute Gasteiger partial charge is 0.312 e. The fraction of sp³-hybridized carbons (Fsp3) is 0.625. The number of benzene rings is 1. The molecule has 4 heterocycles. The molecule has 35 heavy (non-hydrogen) atoms. The number of rotatable bonds is 8. The van der Waals surface area contributed by atoms with Crippen LogP contribution in [0.15, 0.2) is 24.3 Å². The summed E-state index contributed by atoms with van der Waals surface area (Å²) in [5.41, 5.74) is 0.322. The molecule has 2 amide bonds. The summed E-state index contributed by atoms with van der Waals surface area (Å²) < 4.78 is 13.2. The van der Waals surface area contributed by atoms with Crippen LogP contribution in [0.25, 0.3) is 11.0 Å². The molecule has 3 fully saturated rings. The lowest BCUT2D eigenvalue weighted by Gasteiger charge is -2.38. The Kier molecular flexibility index (Phi) is 6.00. The number of aromatic nitrogens is 3. The maximum Gasteiger partial charge on any atom is 0.312 e. The number of hydrogen-bond donors (Lipinski definition) is 2. The number of aliphatic hydroxyl groups is 1. The fourth-order valence-electron chi connectivity index (χ4n) is 6.16. The third-order valence-corrected chi connectivity index (χ3v) is 7.68. The first-order valence-corrected chi connectivity index (χ1v) is 12.2. The first kappa shape index (κ1) is 23.7. The van der Waals surface area contributed by atoms with Gasteiger partial charge in [-0.1, -0.05) is 31.2 Å². The van der Waals surface area contributed by atoms with Crippen LogP contribution in [0.4, 0.5) is 0 Å². The van der Waals surface area contributed by atoms with Gasteiger partial charge in [-0.25, -0.2) is 4.68 Å². The van der Waals surface area contributed by atoms with Crippen molar-refractivity contribution in [2.75, 3.05) is 13.2 Å². The zero-order valence-electron chi connectivity index (χ0n) is 20.1. The quantitative estimate of drug-likeness (QED) is 0.515. The zero-order valence-corrected chi connectivity index (χ0v) is 20.1. The summed E-state index contributed by atoms with van der Waals surface area (Å²) in [5, 5.41) is 21.3. The zero-order chi connectivity index (χ0) is 24.9. The highest BCUT2D eigenvalue weighted by molar-refractivity contribution is 5.98. The molecule has 2 N–H and O–H groups in total. The Morgan fingerprint density at radius 3 is 2.83 bits per heavy atom. The molecule has 0 radical (unpaired) electrons. The Bertz CT molecular complexity index is 1150. The molecule has 2 bridgehead atoms. The number of carbonyl (C=O) groups is 3. The molecule has 6 atom stereocenters. The van der Waals surface area contributed by atoms with Gasteiger partial charge in [0.05, 0.1) is 42.7 Å². The van der Waals surface area contributed by atoms with Crippen LogP contribution in [0.1, 0.15) is 33.6 Å². The topological polar surface area (TPSA) is 136 Å². The van der Waals surface area contributed by atoms with Gasteiger partial charge in [0.2, 0.25) is 11.8 Å². The van der Waals surface area contributed by atoms with Gasteiger partial charge in [-0.2, -0.15) is 0 Å². The van der Waals surface area contributed by atoms with E-state index in [1.165, 1.54) is 4.90 Å². The molecule has 11 nitrogen and oxygen atoms in total. The minimum absolute atomic E-state index is 0.0504. The molecule has 0 aliphatic carbocycles. The van der Waals surface area contributed by atoms with Crippen LogP contribution in [-0.2, 0) is 30.5 Å². The van der Waals surface area contributed by atoms with Gasteiger partial charge in [0, 0.05) is 0 Å². The summed E-state index contributed by atoms with van der Waals surface area (Å²) in [6.07, 6.45) is 0.567. The van der Waals surface area contributed by atoms with Crippen LogP contribution in [0.5, 0.6) is 0 Å². The first-order valence-electron chi connectivity index (χ1n) is 12.2. The lowest BCUT2D eigenvalue weighted by Crippen LogP contribution is -2.59. The molecule has 0 unspecified atom stereocenters. The summed E-state index contributed by atoms with van der Waals surface area (Å²) in [6, 6.07) is 5.81. The van der Waals surface area contributed by atoms with Crippen molar-refractivity contribution in [2.24, 2.45) is 17.8 Å². The number of carbonyl (C=O) groups excluding carboxylic acids is 3. The average Bonchev–Trinajstić information content (AvgIpc) is 3.58. The standard InChI is InChI=1S/C24H31N5O6/c1-4-34-23(33)18-17-9-10-24(35-17)19(18)22(32)29(16(11-30)13(2)3)20(24)21(31)25-12-28-15-8-6-5-7-14(15)26-27-28/h5-8,13,16-20,30H,4,9-12H2,1-3H3,(H,25,31)/t16-,17+,18-,19-,20+,24-/m0/s1.